The minimum Gasteiger partial charge on any atom is -0.495 e. The number of pyridine rings is 1. The molecule has 2 N–H and O–H groups in total. The summed E-state index contributed by atoms with van der Waals surface area (Å²) in [4.78, 5) is 9.28. The fraction of sp³-hybridized carbons (Fsp3) is 0.643. The van der Waals surface area contributed by atoms with Crippen LogP contribution in [0.4, 0.5) is 5.82 Å². The number of nitrogens with zero attached hydrogens (tertiary/aromatic N) is 3. The van der Waals surface area contributed by atoms with E-state index in [2.05, 4.69) is 14.8 Å². The summed E-state index contributed by atoms with van der Waals surface area (Å²) in [5, 5.41) is 0. The number of piperazine rings is 1. The van der Waals surface area contributed by atoms with Crippen LogP contribution in [-0.4, -0.2) is 56.3 Å². The summed E-state index contributed by atoms with van der Waals surface area (Å²) < 4.78 is 5.13. The van der Waals surface area contributed by atoms with Crippen LogP contribution in [0.25, 0.3) is 0 Å². The van der Waals surface area contributed by atoms with Gasteiger partial charge in [0.1, 0.15) is 11.6 Å². The van der Waals surface area contributed by atoms with Crippen LogP contribution in [0.3, 0.4) is 0 Å². The zero-order valence-electron chi connectivity index (χ0n) is 11.7. The summed E-state index contributed by atoms with van der Waals surface area (Å²) in [5.41, 5.74) is 5.52. The van der Waals surface area contributed by atoms with Gasteiger partial charge in [0.2, 0.25) is 0 Å². The Morgan fingerprint density at radius 1 is 1.21 bits per heavy atom. The minimum atomic E-state index is 0.801. The average molecular weight is 264 g/mol. The summed E-state index contributed by atoms with van der Waals surface area (Å²) in [6.07, 6.45) is 4.11. The smallest absolute Gasteiger partial charge is 0.137 e. The molecule has 2 heterocycles. The lowest BCUT2D eigenvalue weighted by Crippen LogP contribution is -2.46. The van der Waals surface area contributed by atoms with Crippen LogP contribution < -0.4 is 15.4 Å². The Morgan fingerprint density at radius 3 is 2.58 bits per heavy atom. The molecule has 2 rings (SSSR count). The van der Waals surface area contributed by atoms with Gasteiger partial charge in [-0.25, -0.2) is 4.98 Å². The fourth-order valence-electron chi connectivity index (χ4n) is 2.36. The van der Waals surface area contributed by atoms with E-state index in [1.807, 2.05) is 12.1 Å². The molecule has 0 amide bonds. The Hall–Kier alpha value is -1.33. The first kappa shape index (κ1) is 14.1. The van der Waals surface area contributed by atoms with Gasteiger partial charge in [-0.1, -0.05) is 0 Å². The molecule has 1 saturated heterocycles. The molecule has 1 aliphatic rings. The van der Waals surface area contributed by atoms with Crippen molar-refractivity contribution in [2.24, 2.45) is 5.73 Å². The molecule has 0 radical (unpaired) electrons. The van der Waals surface area contributed by atoms with Crippen molar-refractivity contribution in [2.75, 3.05) is 51.3 Å². The second-order valence-electron chi connectivity index (χ2n) is 4.88. The monoisotopic (exact) mass is 264 g/mol. The Morgan fingerprint density at radius 2 is 2.00 bits per heavy atom. The molecule has 0 unspecified atom stereocenters. The maximum absolute atomic E-state index is 5.52. The zero-order chi connectivity index (χ0) is 13.5. The van der Waals surface area contributed by atoms with E-state index in [1.165, 1.54) is 13.0 Å². The molecular formula is C14H24N4O. The van der Waals surface area contributed by atoms with E-state index in [4.69, 9.17) is 10.5 Å². The lowest BCUT2D eigenvalue weighted by Gasteiger charge is -2.35. The van der Waals surface area contributed by atoms with Crippen molar-refractivity contribution in [1.29, 1.82) is 0 Å². The number of hydrogen-bond acceptors (Lipinski definition) is 5. The first-order valence-electron chi connectivity index (χ1n) is 7.01. The molecule has 106 valence electrons. The molecule has 0 atom stereocenters. The van der Waals surface area contributed by atoms with E-state index in [1.54, 1.807) is 13.3 Å². The molecule has 0 bridgehead atoms. The molecule has 19 heavy (non-hydrogen) atoms. The third-order valence-corrected chi connectivity index (χ3v) is 3.58. The second-order valence-corrected chi connectivity index (χ2v) is 4.88. The van der Waals surface area contributed by atoms with E-state index in [-0.39, 0.29) is 0 Å². The lowest BCUT2D eigenvalue weighted by atomic mass is 10.2. The average Bonchev–Trinajstić information content (AvgIpc) is 2.48. The van der Waals surface area contributed by atoms with Crippen molar-refractivity contribution in [1.82, 2.24) is 9.88 Å². The Bertz CT molecular complexity index is 360. The molecule has 0 aromatic carbocycles. The quantitative estimate of drug-likeness (QED) is 0.775. The highest BCUT2D eigenvalue weighted by Gasteiger charge is 2.17. The lowest BCUT2D eigenvalue weighted by molar-refractivity contribution is 0.253. The fourth-order valence-corrected chi connectivity index (χ4v) is 2.36. The van der Waals surface area contributed by atoms with Crippen LogP contribution in [0.2, 0.25) is 0 Å². The molecular weight excluding hydrogens is 240 g/mol. The predicted octanol–water partition coefficient (Wildman–Crippen LogP) is 0.951. The molecule has 1 aliphatic heterocycles. The molecule has 0 spiro atoms. The summed E-state index contributed by atoms with van der Waals surface area (Å²) in [6, 6.07) is 4.00. The Balaban J connectivity index is 1.78. The summed E-state index contributed by atoms with van der Waals surface area (Å²) in [5.74, 6) is 1.85. The van der Waals surface area contributed by atoms with Gasteiger partial charge in [0, 0.05) is 26.2 Å². The van der Waals surface area contributed by atoms with Gasteiger partial charge in [0.05, 0.1) is 13.3 Å². The maximum Gasteiger partial charge on any atom is 0.137 e. The number of ether oxygens (including phenoxy) is 1. The van der Waals surface area contributed by atoms with Gasteiger partial charge < -0.3 is 15.4 Å². The molecule has 1 aromatic heterocycles. The SMILES string of the molecule is COc1ccc(N2CCN(CCCCN)CC2)nc1. The molecule has 0 aliphatic carbocycles. The van der Waals surface area contributed by atoms with E-state index >= 15 is 0 Å². The van der Waals surface area contributed by atoms with Gasteiger partial charge >= 0.3 is 0 Å². The number of anilines is 1. The van der Waals surface area contributed by atoms with Crippen LogP contribution in [-0.2, 0) is 0 Å². The molecule has 5 heteroatoms. The van der Waals surface area contributed by atoms with Crippen molar-refractivity contribution in [3.8, 4) is 5.75 Å². The normalized spacial score (nSPS) is 16.6. The summed E-state index contributed by atoms with van der Waals surface area (Å²) in [6.45, 7) is 6.28. The standard InChI is InChI=1S/C14H24N4O/c1-19-13-4-5-14(16-12-13)18-10-8-17(9-11-18)7-3-2-6-15/h4-5,12H,2-3,6-11,15H2,1H3. The van der Waals surface area contributed by atoms with Crippen molar-refractivity contribution in [3.05, 3.63) is 18.3 Å². The highest BCUT2D eigenvalue weighted by Crippen LogP contribution is 2.17. The van der Waals surface area contributed by atoms with Crippen molar-refractivity contribution in [3.63, 3.8) is 0 Å². The van der Waals surface area contributed by atoms with Gasteiger partial charge in [0.25, 0.3) is 0 Å². The van der Waals surface area contributed by atoms with Crippen LogP contribution in [0, 0.1) is 0 Å². The first-order valence-corrected chi connectivity index (χ1v) is 7.01. The van der Waals surface area contributed by atoms with Gasteiger partial charge in [-0.3, -0.25) is 4.90 Å². The van der Waals surface area contributed by atoms with Crippen molar-refractivity contribution < 1.29 is 4.74 Å². The minimum absolute atomic E-state index is 0.801. The third kappa shape index (κ3) is 4.08. The van der Waals surface area contributed by atoms with Crippen molar-refractivity contribution >= 4 is 5.82 Å². The second kappa shape index (κ2) is 7.31. The van der Waals surface area contributed by atoms with E-state index in [0.717, 1.165) is 50.7 Å². The van der Waals surface area contributed by atoms with Gasteiger partial charge in [-0.05, 0) is 38.1 Å². The highest BCUT2D eigenvalue weighted by molar-refractivity contribution is 5.41. The molecule has 1 aromatic rings. The number of methoxy groups -OCH3 is 1. The number of rotatable bonds is 6. The summed E-state index contributed by atoms with van der Waals surface area (Å²) in [7, 11) is 1.66. The number of hydrogen-bond donors (Lipinski definition) is 1. The number of aromatic nitrogens is 1. The van der Waals surface area contributed by atoms with Gasteiger partial charge in [0.15, 0.2) is 0 Å². The number of unbranched alkanes of at least 4 members (excludes halogenated alkanes) is 1. The van der Waals surface area contributed by atoms with Crippen LogP contribution in [0.5, 0.6) is 5.75 Å². The molecule has 0 saturated carbocycles. The van der Waals surface area contributed by atoms with E-state index in [0.29, 0.717) is 0 Å². The number of nitrogens with two attached hydrogens (primary N) is 1. The molecule has 5 nitrogen and oxygen atoms in total. The van der Waals surface area contributed by atoms with E-state index in [9.17, 15) is 0 Å². The van der Waals surface area contributed by atoms with Crippen LogP contribution in [0.1, 0.15) is 12.8 Å². The maximum atomic E-state index is 5.52. The zero-order valence-corrected chi connectivity index (χ0v) is 11.7. The van der Waals surface area contributed by atoms with Gasteiger partial charge in [-0.2, -0.15) is 0 Å². The van der Waals surface area contributed by atoms with E-state index < -0.39 is 0 Å². The largest absolute Gasteiger partial charge is 0.495 e. The first-order chi connectivity index (χ1) is 9.33. The molecule has 1 fully saturated rings. The van der Waals surface area contributed by atoms with Crippen molar-refractivity contribution in [2.45, 2.75) is 12.8 Å². The topological polar surface area (TPSA) is 54.6 Å². The van der Waals surface area contributed by atoms with Crippen LogP contribution >= 0.6 is 0 Å². The van der Waals surface area contributed by atoms with Gasteiger partial charge in [-0.15, -0.1) is 0 Å². The third-order valence-electron chi connectivity index (χ3n) is 3.58. The Kier molecular flexibility index (Phi) is 5.42. The Labute approximate surface area is 115 Å². The predicted molar refractivity (Wildman–Crippen MR) is 77.7 cm³/mol. The highest BCUT2D eigenvalue weighted by atomic mass is 16.5. The van der Waals surface area contributed by atoms with Crippen LogP contribution in [0.15, 0.2) is 18.3 Å². The summed E-state index contributed by atoms with van der Waals surface area (Å²) >= 11 is 0.